The third-order valence-electron chi connectivity index (χ3n) is 2.04. The minimum absolute atomic E-state index is 0.520. The highest BCUT2D eigenvalue weighted by Crippen LogP contribution is 2.29. The molecular weight excluding hydrogens is 176 g/mol. The second-order valence-electron chi connectivity index (χ2n) is 2.99. The largest absolute Gasteiger partial charge is 0.248 e. The van der Waals surface area contributed by atoms with Gasteiger partial charge in [0, 0.05) is 11.0 Å². The normalized spacial score (nSPS) is 31.0. The van der Waals surface area contributed by atoms with E-state index in [1.165, 1.54) is 32.1 Å². The summed E-state index contributed by atoms with van der Waals surface area (Å²) in [6.45, 7) is 2.21. The summed E-state index contributed by atoms with van der Waals surface area (Å²) in [4.78, 5) is 0. The highest BCUT2D eigenvalue weighted by Gasteiger charge is 2.22. The van der Waals surface area contributed by atoms with Gasteiger partial charge < -0.3 is 0 Å². The fourth-order valence-corrected chi connectivity index (χ4v) is 4.81. The van der Waals surface area contributed by atoms with Crippen molar-refractivity contribution in [3.8, 4) is 0 Å². The van der Waals surface area contributed by atoms with Crippen LogP contribution in [0.4, 0.5) is 0 Å². The van der Waals surface area contributed by atoms with Gasteiger partial charge in [0.15, 0.2) is 0 Å². The third-order valence-corrected chi connectivity index (χ3v) is 5.70. The predicted octanol–water partition coefficient (Wildman–Crippen LogP) is 2.74. The average molecular weight is 192 g/mol. The summed E-state index contributed by atoms with van der Waals surface area (Å²) in [5, 5.41) is 0.520. The lowest BCUT2D eigenvalue weighted by atomic mass is 10.1. The van der Waals surface area contributed by atoms with Crippen molar-refractivity contribution >= 4 is 20.6 Å². The monoisotopic (exact) mass is 192 g/mol. The summed E-state index contributed by atoms with van der Waals surface area (Å²) in [6, 6.07) is 0. The van der Waals surface area contributed by atoms with Crippen LogP contribution in [0.25, 0.3) is 0 Å². The fraction of sp³-hybridized carbons (Fsp3) is 1.00. The van der Waals surface area contributed by atoms with E-state index in [9.17, 15) is 4.21 Å². The Labute approximate surface area is 75.2 Å². The van der Waals surface area contributed by atoms with Gasteiger partial charge in [-0.25, -0.2) is 4.21 Å². The van der Waals surface area contributed by atoms with E-state index < -0.39 is 9.83 Å². The van der Waals surface area contributed by atoms with Gasteiger partial charge in [-0.2, -0.15) is 0 Å². The van der Waals surface area contributed by atoms with Crippen LogP contribution in [0.5, 0.6) is 0 Å². The number of hydrogen-bond donors (Lipinski definition) is 0. The smallest absolute Gasteiger partial charge is 0.0835 e. The van der Waals surface area contributed by atoms with E-state index in [-0.39, 0.29) is 0 Å². The van der Waals surface area contributed by atoms with Crippen LogP contribution in [0.3, 0.4) is 0 Å². The third kappa shape index (κ3) is 3.16. The molecule has 1 aliphatic rings. The molecule has 1 saturated heterocycles. The Morgan fingerprint density at radius 2 is 2.36 bits per heavy atom. The Bertz CT molecular complexity index is 136. The predicted molar refractivity (Wildman–Crippen MR) is 53.1 cm³/mol. The van der Waals surface area contributed by atoms with E-state index in [0.717, 1.165) is 5.75 Å². The summed E-state index contributed by atoms with van der Waals surface area (Å²) >= 11 is 0. The van der Waals surface area contributed by atoms with Crippen LogP contribution in [-0.4, -0.2) is 15.2 Å². The molecule has 1 heterocycles. The van der Waals surface area contributed by atoms with Crippen molar-refractivity contribution in [1.82, 2.24) is 0 Å². The van der Waals surface area contributed by atoms with Crippen LogP contribution in [0.15, 0.2) is 0 Å². The lowest BCUT2D eigenvalue weighted by molar-refractivity contribution is 0.621. The van der Waals surface area contributed by atoms with Gasteiger partial charge in [-0.3, -0.25) is 0 Å². The molecule has 0 saturated carbocycles. The minimum atomic E-state index is -0.547. The maximum atomic E-state index is 11.2. The molecule has 0 aromatic rings. The quantitative estimate of drug-likeness (QED) is 0.503. The van der Waals surface area contributed by atoms with Gasteiger partial charge in [-0.15, -0.1) is 0 Å². The summed E-state index contributed by atoms with van der Waals surface area (Å²) in [6.07, 6.45) is 6.22. The van der Waals surface area contributed by atoms with Gasteiger partial charge in [0.1, 0.15) is 0 Å². The lowest BCUT2D eigenvalue weighted by Crippen LogP contribution is -2.05. The van der Waals surface area contributed by atoms with Crippen LogP contribution in [0.1, 0.15) is 39.0 Å². The van der Waals surface area contributed by atoms with Crippen molar-refractivity contribution < 1.29 is 4.21 Å². The second-order valence-corrected chi connectivity index (χ2v) is 6.51. The Kier molecular flexibility index (Phi) is 4.53. The number of rotatable bonds is 4. The maximum Gasteiger partial charge on any atom is 0.0835 e. The van der Waals surface area contributed by atoms with Gasteiger partial charge >= 0.3 is 0 Å². The van der Waals surface area contributed by atoms with Crippen LogP contribution in [-0.2, 0) is 9.83 Å². The van der Waals surface area contributed by atoms with Gasteiger partial charge in [0.25, 0.3) is 0 Å². The topological polar surface area (TPSA) is 17.1 Å². The Balaban J connectivity index is 2.10. The first-order valence-corrected chi connectivity index (χ1v) is 7.10. The lowest BCUT2D eigenvalue weighted by Gasteiger charge is -2.04. The van der Waals surface area contributed by atoms with E-state index >= 15 is 0 Å². The Hall–Kier alpha value is 0.500. The van der Waals surface area contributed by atoms with E-state index in [1.54, 1.807) is 10.8 Å². The molecule has 66 valence electrons. The molecule has 0 amide bonds. The molecule has 11 heavy (non-hydrogen) atoms. The molecule has 1 aliphatic heterocycles. The zero-order valence-electron chi connectivity index (χ0n) is 7.04. The van der Waals surface area contributed by atoms with E-state index in [1.807, 2.05) is 0 Å². The second kappa shape index (κ2) is 5.20. The molecule has 0 N–H and O–H groups in total. The molecular formula is C8H16OS2. The highest BCUT2D eigenvalue weighted by molar-refractivity contribution is 8.69. The first-order valence-electron chi connectivity index (χ1n) is 4.38. The Morgan fingerprint density at radius 3 is 2.91 bits per heavy atom. The molecule has 0 radical (unpaired) electrons. The minimum Gasteiger partial charge on any atom is -0.248 e. The zero-order chi connectivity index (χ0) is 8.10. The first kappa shape index (κ1) is 9.59. The Morgan fingerprint density at radius 1 is 1.55 bits per heavy atom. The van der Waals surface area contributed by atoms with E-state index in [2.05, 4.69) is 6.92 Å². The van der Waals surface area contributed by atoms with E-state index in [4.69, 9.17) is 0 Å². The molecule has 0 bridgehead atoms. The van der Waals surface area contributed by atoms with Crippen molar-refractivity contribution in [2.45, 2.75) is 44.3 Å². The first-order chi connectivity index (χ1) is 5.34. The van der Waals surface area contributed by atoms with Crippen LogP contribution >= 0.6 is 10.8 Å². The van der Waals surface area contributed by atoms with Crippen molar-refractivity contribution in [2.24, 2.45) is 0 Å². The summed E-state index contributed by atoms with van der Waals surface area (Å²) < 4.78 is 11.2. The van der Waals surface area contributed by atoms with Crippen molar-refractivity contribution in [3.63, 3.8) is 0 Å². The van der Waals surface area contributed by atoms with Gasteiger partial charge in [0.05, 0.1) is 9.83 Å². The molecule has 0 spiro atoms. The van der Waals surface area contributed by atoms with Crippen LogP contribution in [0.2, 0.25) is 0 Å². The van der Waals surface area contributed by atoms with Crippen LogP contribution in [0, 0.1) is 0 Å². The average Bonchev–Trinajstić information content (AvgIpc) is 2.37. The fourth-order valence-electron chi connectivity index (χ4n) is 1.32. The summed E-state index contributed by atoms with van der Waals surface area (Å²) in [5.74, 6) is 1.11. The van der Waals surface area contributed by atoms with E-state index in [0.29, 0.717) is 5.25 Å². The molecule has 0 aromatic heterocycles. The highest BCUT2D eigenvalue weighted by atomic mass is 33.1. The summed E-state index contributed by atoms with van der Waals surface area (Å²) in [5.41, 5.74) is 0. The van der Waals surface area contributed by atoms with Crippen molar-refractivity contribution in [2.75, 3.05) is 5.75 Å². The molecule has 3 heteroatoms. The molecule has 2 unspecified atom stereocenters. The van der Waals surface area contributed by atoms with Gasteiger partial charge in [-0.1, -0.05) is 37.0 Å². The molecule has 0 aliphatic carbocycles. The molecule has 2 atom stereocenters. The number of hydrogen-bond acceptors (Lipinski definition) is 2. The molecule has 0 aromatic carbocycles. The standard InChI is InChI=1S/C8H16OS2/c1-2-3-4-5-8-6-7-10-11(8)9/h8H,2-7H2,1H3. The van der Waals surface area contributed by atoms with Crippen molar-refractivity contribution in [3.05, 3.63) is 0 Å². The molecule has 1 fully saturated rings. The SMILES string of the molecule is CCCCCC1CCSS1=O. The molecule has 1 rings (SSSR count). The van der Waals surface area contributed by atoms with Crippen LogP contribution < -0.4 is 0 Å². The summed E-state index contributed by atoms with van der Waals surface area (Å²) in [7, 11) is 1.09. The molecule has 1 nitrogen and oxygen atoms in total. The zero-order valence-corrected chi connectivity index (χ0v) is 8.68. The van der Waals surface area contributed by atoms with Gasteiger partial charge in [0.2, 0.25) is 0 Å². The maximum absolute atomic E-state index is 11.2. The van der Waals surface area contributed by atoms with Crippen molar-refractivity contribution in [1.29, 1.82) is 0 Å². The van der Waals surface area contributed by atoms with Gasteiger partial charge in [-0.05, 0) is 12.8 Å². The number of unbranched alkanes of at least 4 members (excludes halogenated alkanes) is 2.